The lowest BCUT2D eigenvalue weighted by Gasteiger charge is -2.06. The van der Waals surface area contributed by atoms with Crippen molar-refractivity contribution < 1.29 is 5.11 Å². The summed E-state index contributed by atoms with van der Waals surface area (Å²) in [6.45, 7) is 4.10. The molecule has 1 heteroatoms. The zero-order valence-electron chi connectivity index (χ0n) is 15.5. The van der Waals surface area contributed by atoms with E-state index >= 15 is 0 Å². The Morgan fingerprint density at radius 2 is 1.13 bits per heavy atom. The second kappa shape index (κ2) is 13.6. The first-order valence-electron chi connectivity index (χ1n) is 10.0. The van der Waals surface area contributed by atoms with Crippen LogP contribution in [0.5, 0.6) is 0 Å². The third-order valence-electron chi connectivity index (χ3n) is 4.78. The average Bonchev–Trinajstić information content (AvgIpc) is 2.56. The van der Waals surface area contributed by atoms with Crippen molar-refractivity contribution in [1.82, 2.24) is 0 Å². The van der Waals surface area contributed by atoms with Crippen molar-refractivity contribution in [2.24, 2.45) is 0 Å². The van der Waals surface area contributed by atoms with Gasteiger partial charge in [-0.15, -0.1) is 0 Å². The maximum absolute atomic E-state index is 9.50. The largest absolute Gasteiger partial charge is 0.389 e. The standard InChI is InChI=1S/C22H38O/c1-3-4-5-6-7-8-9-10-11-12-13-14-15-21-16-18-22(19-17-21)20(2)23/h16-20,23H,3-15H2,1-2H3. The summed E-state index contributed by atoms with van der Waals surface area (Å²) in [6, 6.07) is 8.45. The summed E-state index contributed by atoms with van der Waals surface area (Å²) in [5.41, 5.74) is 2.42. The number of hydrogen-bond donors (Lipinski definition) is 1. The van der Waals surface area contributed by atoms with Crippen molar-refractivity contribution in [3.63, 3.8) is 0 Å². The van der Waals surface area contributed by atoms with Crippen LogP contribution < -0.4 is 0 Å². The monoisotopic (exact) mass is 318 g/mol. The van der Waals surface area contributed by atoms with Crippen LogP contribution in [-0.4, -0.2) is 5.11 Å². The third-order valence-corrected chi connectivity index (χ3v) is 4.78. The second-order valence-corrected chi connectivity index (χ2v) is 7.06. The molecule has 0 spiro atoms. The number of unbranched alkanes of at least 4 members (excludes halogenated alkanes) is 11. The smallest absolute Gasteiger partial charge is 0.0761 e. The van der Waals surface area contributed by atoms with Crippen molar-refractivity contribution in [1.29, 1.82) is 0 Å². The highest BCUT2D eigenvalue weighted by atomic mass is 16.3. The molecule has 0 heterocycles. The molecule has 0 aliphatic rings. The summed E-state index contributed by atoms with van der Waals surface area (Å²) in [5, 5.41) is 9.50. The normalized spacial score (nSPS) is 12.5. The first-order valence-corrected chi connectivity index (χ1v) is 10.0. The summed E-state index contributed by atoms with van der Waals surface area (Å²) >= 11 is 0. The quantitative estimate of drug-likeness (QED) is 0.367. The van der Waals surface area contributed by atoms with Gasteiger partial charge in [-0.05, 0) is 30.9 Å². The number of aliphatic hydroxyl groups is 1. The minimum absolute atomic E-state index is 0.351. The van der Waals surface area contributed by atoms with E-state index in [2.05, 4.69) is 31.2 Å². The van der Waals surface area contributed by atoms with Gasteiger partial charge in [0.05, 0.1) is 6.10 Å². The Balaban J connectivity index is 1.89. The zero-order chi connectivity index (χ0) is 16.8. The molecule has 1 aromatic carbocycles. The first-order chi connectivity index (χ1) is 11.2. The van der Waals surface area contributed by atoms with Gasteiger partial charge >= 0.3 is 0 Å². The van der Waals surface area contributed by atoms with E-state index in [-0.39, 0.29) is 6.10 Å². The highest BCUT2D eigenvalue weighted by Crippen LogP contribution is 2.16. The van der Waals surface area contributed by atoms with E-state index in [1.165, 1.54) is 89.0 Å². The minimum atomic E-state index is -0.351. The fourth-order valence-electron chi connectivity index (χ4n) is 3.13. The molecule has 1 nitrogen and oxygen atoms in total. The van der Waals surface area contributed by atoms with Crippen LogP contribution in [0.4, 0.5) is 0 Å². The summed E-state index contributed by atoms with van der Waals surface area (Å²) in [5.74, 6) is 0. The molecule has 0 saturated heterocycles. The molecule has 1 unspecified atom stereocenters. The van der Waals surface area contributed by atoms with Crippen LogP contribution in [0.3, 0.4) is 0 Å². The van der Waals surface area contributed by atoms with Crippen molar-refractivity contribution >= 4 is 0 Å². The molecule has 0 amide bonds. The van der Waals surface area contributed by atoms with E-state index in [9.17, 15) is 5.11 Å². The maximum Gasteiger partial charge on any atom is 0.0761 e. The number of aryl methyl sites for hydroxylation is 1. The summed E-state index contributed by atoms with van der Waals surface area (Å²) in [6.07, 6.45) is 17.7. The van der Waals surface area contributed by atoms with E-state index in [1.807, 2.05) is 6.92 Å². The van der Waals surface area contributed by atoms with Gasteiger partial charge in [0.25, 0.3) is 0 Å². The van der Waals surface area contributed by atoms with Gasteiger partial charge in [-0.1, -0.05) is 102 Å². The molecular weight excluding hydrogens is 280 g/mol. The molecule has 1 rings (SSSR count). The zero-order valence-corrected chi connectivity index (χ0v) is 15.5. The highest BCUT2D eigenvalue weighted by molar-refractivity contribution is 5.23. The first kappa shape index (κ1) is 20.2. The maximum atomic E-state index is 9.50. The van der Waals surface area contributed by atoms with Gasteiger partial charge < -0.3 is 5.11 Å². The summed E-state index contributed by atoms with van der Waals surface area (Å²) in [4.78, 5) is 0. The van der Waals surface area contributed by atoms with E-state index in [0.717, 1.165) is 5.56 Å². The van der Waals surface area contributed by atoms with Crippen molar-refractivity contribution in [3.05, 3.63) is 35.4 Å². The van der Waals surface area contributed by atoms with E-state index in [1.54, 1.807) is 0 Å². The van der Waals surface area contributed by atoms with Gasteiger partial charge in [-0.3, -0.25) is 0 Å². The molecule has 1 atom stereocenters. The van der Waals surface area contributed by atoms with Crippen molar-refractivity contribution in [2.75, 3.05) is 0 Å². The molecule has 0 aliphatic heterocycles. The van der Waals surface area contributed by atoms with E-state index in [0.29, 0.717) is 0 Å². The van der Waals surface area contributed by atoms with Gasteiger partial charge in [-0.2, -0.15) is 0 Å². The van der Waals surface area contributed by atoms with Gasteiger partial charge in [0.2, 0.25) is 0 Å². The SMILES string of the molecule is CCCCCCCCCCCCCCc1ccc(C(C)O)cc1. The second-order valence-electron chi connectivity index (χ2n) is 7.06. The Bertz CT molecular complexity index is 366. The van der Waals surface area contributed by atoms with Crippen LogP contribution in [0.1, 0.15) is 108 Å². The van der Waals surface area contributed by atoms with Gasteiger partial charge in [0.1, 0.15) is 0 Å². The Hall–Kier alpha value is -0.820. The fraction of sp³-hybridized carbons (Fsp3) is 0.727. The van der Waals surface area contributed by atoms with E-state index < -0.39 is 0 Å². The fourth-order valence-corrected chi connectivity index (χ4v) is 3.13. The van der Waals surface area contributed by atoms with Crippen LogP contribution in [0.15, 0.2) is 24.3 Å². The van der Waals surface area contributed by atoms with Crippen LogP contribution >= 0.6 is 0 Å². The number of rotatable bonds is 14. The van der Waals surface area contributed by atoms with E-state index in [4.69, 9.17) is 0 Å². The Labute approximate surface area is 144 Å². The predicted molar refractivity (Wildman–Crippen MR) is 102 cm³/mol. The average molecular weight is 319 g/mol. The molecule has 23 heavy (non-hydrogen) atoms. The summed E-state index contributed by atoms with van der Waals surface area (Å²) in [7, 11) is 0. The molecule has 1 N–H and O–H groups in total. The minimum Gasteiger partial charge on any atom is -0.389 e. The van der Waals surface area contributed by atoms with Gasteiger partial charge in [0.15, 0.2) is 0 Å². The molecular formula is C22H38O. The molecule has 0 fully saturated rings. The van der Waals surface area contributed by atoms with Crippen LogP contribution in [0, 0.1) is 0 Å². The number of aliphatic hydroxyl groups excluding tert-OH is 1. The lowest BCUT2D eigenvalue weighted by atomic mass is 10.0. The third kappa shape index (κ3) is 10.5. The van der Waals surface area contributed by atoms with Gasteiger partial charge in [0, 0.05) is 0 Å². The Morgan fingerprint density at radius 1 is 0.696 bits per heavy atom. The lowest BCUT2D eigenvalue weighted by molar-refractivity contribution is 0.199. The Morgan fingerprint density at radius 3 is 1.57 bits per heavy atom. The molecule has 0 aliphatic carbocycles. The Kier molecular flexibility index (Phi) is 12.0. The highest BCUT2D eigenvalue weighted by Gasteiger charge is 2.00. The van der Waals surface area contributed by atoms with Crippen LogP contribution in [0.25, 0.3) is 0 Å². The topological polar surface area (TPSA) is 20.2 Å². The molecule has 0 aromatic heterocycles. The van der Waals surface area contributed by atoms with Crippen LogP contribution in [0.2, 0.25) is 0 Å². The van der Waals surface area contributed by atoms with Gasteiger partial charge in [-0.25, -0.2) is 0 Å². The van der Waals surface area contributed by atoms with Crippen LogP contribution in [-0.2, 0) is 6.42 Å². The molecule has 0 radical (unpaired) electrons. The number of hydrogen-bond acceptors (Lipinski definition) is 1. The summed E-state index contributed by atoms with van der Waals surface area (Å²) < 4.78 is 0. The molecule has 1 aromatic rings. The lowest BCUT2D eigenvalue weighted by Crippen LogP contribution is -1.92. The molecule has 132 valence electrons. The predicted octanol–water partition coefficient (Wildman–Crippen LogP) is 6.98. The van der Waals surface area contributed by atoms with Crippen molar-refractivity contribution in [3.8, 4) is 0 Å². The number of benzene rings is 1. The van der Waals surface area contributed by atoms with Crippen molar-refractivity contribution in [2.45, 2.75) is 103 Å². The molecule has 0 saturated carbocycles. The molecule has 0 bridgehead atoms.